The number of methoxy groups -OCH3 is 1. The Morgan fingerprint density at radius 1 is 1.56 bits per heavy atom. The highest BCUT2D eigenvalue weighted by molar-refractivity contribution is 9.09. The number of alkyl halides is 1. The number of ether oxygens (including phenoxy) is 2. The van der Waals surface area contributed by atoms with Crippen molar-refractivity contribution in [3.63, 3.8) is 0 Å². The van der Waals surface area contributed by atoms with Crippen molar-refractivity contribution in [2.75, 3.05) is 32.2 Å². The first-order valence-electron chi connectivity index (χ1n) is 6.12. The van der Waals surface area contributed by atoms with Crippen LogP contribution < -0.4 is 4.74 Å². The summed E-state index contributed by atoms with van der Waals surface area (Å²) in [6, 6.07) is 4.38. The number of pyridine rings is 1. The third kappa shape index (κ3) is 3.43. The largest absolute Gasteiger partial charge is 0.497 e. The topological polar surface area (TPSA) is 34.6 Å². The molecule has 4 nitrogen and oxygen atoms in total. The molecular formula is C13H19BrN2O2. The zero-order chi connectivity index (χ0) is 13.0. The van der Waals surface area contributed by atoms with Gasteiger partial charge in [0.25, 0.3) is 0 Å². The third-order valence-electron chi connectivity index (χ3n) is 3.11. The maximum absolute atomic E-state index is 5.49. The lowest BCUT2D eigenvalue weighted by Crippen LogP contribution is -2.45. The number of hydrogen-bond donors (Lipinski definition) is 0. The highest BCUT2D eigenvalue weighted by Gasteiger charge is 2.22. The first-order valence-corrected chi connectivity index (χ1v) is 7.24. The highest BCUT2D eigenvalue weighted by Crippen LogP contribution is 2.17. The van der Waals surface area contributed by atoms with Gasteiger partial charge in [-0.2, -0.15) is 0 Å². The van der Waals surface area contributed by atoms with Gasteiger partial charge in [-0.05, 0) is 6.92 Å². The Balaban J connectivity index is 2.09. The first kappa shape index (κ1) is 13.8. The van der Waals surface area contributed by atoms with E-state index in [-0.39, 0.29) is 0 Å². The van der Waals surface area contributed by atoms with Gasteiger partial charge in [0.05, 0.1) is 26.0 Å². The Bertz CT molecular complexity index is 401. The molecular weight excluding hydrogens is 296 g/mol. The van der Waals surface area contributed by atoms with Crippen molar-refractivity contribution < 1.29 is 9.47 Å². The molecule has 0 amide bonds. The molecule has 2 heterocycles. The second-order valence-corrected chi connectivity index (χ2v) is 5.14. The predicted octanol–water partition coefficient (Wildman–Crippen LogP) is 1.99. The van der Waals surface area contributed by atoms with E-state index in [4.69, 9.17) is 9.47 Å². The molecule has 1 unspecified atom stereocenters. The standard InChI is InChI=1S/C13H19BrN2O2/c1-10-5-13(17-2)6-11(15-10)8-16-3-4-18-9-12(16)7-14/h5-6,12H,3-4,7-9H2,1-2H3. The molecule has 2 rings (SSSR count). The second-order valence-electron chi connectivity index (χ2n) is 4.49. The van der Waals surface area contributed by atoms with Crippen molar-refractivity contribution in [2.45, 2.75) is 19.5 Å². The maximum atomic E-state index is 5.49. The highest BCUT2D eigenvalue weighted by atomic mass is 79.9. The molecule has 0 aliphatic carbocycles. The predicted molar refractivity (Wildman–Crippen MR) is 74.3 cm³/mol. The summed E-state index contributed by atoms with van der Waals surface area (Å²) in [7, 11) is 1.69. The van der Waals surface area contributed by atoms with Crippen molar-refractivity contribution in [2.24, 2.45) is 0 Å². The van der Waals surface area contributed by atoms with Crippen molar-refractivity contribution in [1.82, 2.24) is 9.88 Å². The van der Waals surface area contributed by atoms with E-state index in [1.165, 1.54) is 0 Å². The summed E-state index contributed by atoms with van der Waals surface area (Å²) in [5, 5.41) is 0.927. The zero-order valence-electron chi connectivity index (χ0n) is 10.9. The molecule has 100 valence electrons. The number of aryl methyl sites for hydroxylation is 1. The lowest BCUT2D eigenvalue weighted by molar-refractivity contribution is -0.00270. The van der Waals surface area contributed by atoms with Gasteiger partial charge in [0.15, 0.2) is 0 Å². The van der Waals surface area contributed by atoms with E-state index in [0.717, 1.165) is 48.8 Å². The summed E-state index contributed by atoms with van der Waals surface area (Å²) >= 11 is 3.54. The van der Waals surface area contributed by atoms with Gasteiger partial charge in [-0.1, -0.05) is 15.9 Å². The summed E-state index contributed by atoms with van der Waals surface area (Å²) in [6.07, 6.45) is 0. The average molecular weight is 315 g/mol. The number of nitrogens with zero attached hydrogens (tertiary/aromatic N) is 2. The molecule has 0 radical (unpaired) electrons. The van der Waals surface area contributed by atoms with Crippen LogP contribution in [0.15, 0.2) is 12.1 Å². The van der Waals surface area contributed by atoms with E-state index in [1.807, 2.05) is 19.1 Å². The Morgan fingerprint density at radius 2 is 2.39 bits per heavy atom. The molecule has 1 aromatic rings. The van der Waals surface area contributed by atoms with Gasteiger partial charge in [-0.3, -0.25) is 9.88 Å². The van der Waals surface area contributed by atoms with Crippen molar-refractivity contribution >= 4 is 15.9 Å². The van der Waals surface area contributed by atoms with Gasteiger partial charge in [0, 0.05) is 42.3 Å². The molecule has 1 aromatic heterocycles. The summed E-state index contributed by atoms with van der Waals surface area (Å²) in [5.41, 5.74) is 2.05. The number of halogens is 1. The van der Waals surface area contributed by atoms with Crippen molar-refractivity contribution in [3.8, 4) is 5.75 Å². The minimum atomic E-state index is 0.423. The van der Waals surface area contributed by atoms with Gasteiger partial charge in [-0.15, -0.1) is 0 Å². The minimum Gasteiger partial charge on any atom is -0.497 e. The fourth-order valence-electron chi connectivity index (χ4n) is 2.15. The average Bonchev–Trinajstić information content (AvgIpc) is 2.38. The summed E-state index contributed by atoms with van der Waals surface area (Å²) in [5.74, 6) is 0.876. The van der Waals surface area contributed by atoms with Crippen LogP contribution in [0.3, 0.4) is 0 Å². The lowest BCUT2D eigenvalue weighted by atomic mass is 10.2. The zero-order valence-corrected chi connectivity index (χ0v) is 12.4. The normalized spacial score (nSPS) is 20.9. The van der Waals surface area contributed by atoms with Crippen molar-refractivity contribution in [3.05, 3.63) is 23.5 Å². The molecule has 0 spiro atoms. The number of hydrogen-bond acceptors (Lipinski definition) is 4. The van der Waals surface area contributed by atoms with Crippen LogP contribution in [0.1, 0.15) is 11.4 Å². The molecule has 1 aliphatic rings. The minimum absolute atomic E-state index is 0.423. The van der Waals surface area contributed by atoms with Crippen LogP contribution in [-0.4, -0.2) is 48.1 Å². The van der Waals surface area contributed by atoms with E-state index in [0.29, 0.717) is 6.04 Å². The van der Waals surface area contributed by atoms with Crippen LogP contribution in [0.4, 0.5) is 0 Å². The quantitative estimate of drug-likeness (QED) is 0.796. The second kappa shape index (κ2) is 6.50. The smallest absolute Gasteiger partial charge is 0.122 e. The van der Waals surface area contributed by atoms with E-state index in [1.54, 1.807) is 7.11 Å². The van der Waals surface area contributed by atoms with Gasteiger partial charge in [-0.25, -0.2) is 0 Å². The van der Waals surface area contributed by atoms with Gasteiger partial charge in [0.2, 0.25) is 0 Å². The third-order valence-corrected chi connectivity index (χ3v) is 3.86. The van der Waals surface area contributed by atoms with Gasteiger partial charge >= 0.3 is 0 Å². The van der Waals surface area contributed by atoms with Crippen LogP contribution in [0, 0.1) is 6.92 Å². The van der Waals surface area contributed by atoms with Gasteiger partial charge < -0.3 is 9.47 Å². The number of morpholine rings is 1. The molecule has 18 heavy (non-hydrogen) atoms. The Labute approximate surface area is 116 Å². The summed E-state index contributed by atoms with van der Waals surface area (Å²) < 4.78 is 10.8. The molecule has 1 fully saturated rings. The van der Waals surface area contributed by atoms with Crippen LogP contribution in [-0.2, 0) is 11.3 Å². The van der Waals surface area contributed by atoms with E-state index < -0.39 is 0 Å². The molecule has 0 saturated carbocycles. The van der Waals surface area contributed by atoms with E-state index in [2.05, 4.69) is 25.8 Å². The van der Waals surface area contributed by atoms with Crippen LogP contribution in [0.5, 0.6) is 5.75 Å². The van der Waals surface area contributed by atoms with E-state index in [9.17, 15) is 0 Å². The lowest BCUT2D eigenvalue weighted by Gasteiger charge is -2.34. The monoisotopic (exact) mass is 314 g/mol. The molecule has 1 atom stereocenters. The number of rotatable bonds is 4. The van der Waals surface area contributed by atoms with Gasteiger partial charge in [0.1, 0.15) is 5.75 Å². The maximum Gasteiger partial charge on any atom is 0.122 e. The summed E-state index contributed by atoms with van der Waals surface area (Å²) in [6.45, 7) is 5.37. The molecule has 0 N–H and O–H groups in total. The molecule has 1 saturated heterocycles. The van der Waals surface area contributed by atoms with Crippen LogP contribution in [0.25, 0.3) is 0 Å². The molecule has 5 heteroatoms. The number of aromatic nitrogens is 1. The van der Waals surface area contributed by atoms with E-state index >= 15 is 0 Å². The Hall–Kier alpha value is -0.650. The first-order chi connectivity index (χ1) is 8.72. The fraction of sp³-hybridized carbons (Fsp3) is 0.615. The molecule has 0 aromatic carbocycles. The van der Waals surface area contributed by atoms with Crippen molar-refractivity contribution in [1.29, 1.82) is 0 Å². The van der Waals surface area contributed by atoms with Crippen LogP contribution >= 0.6 is 15.9 Å². The Morgan fingerprint density at radius 3 is 3.11 bits per heavy atom. The Kier molecular flexibility index (Phi) is 4.97. The van der Waals surface area contributed by atoms with Crippen LogP contribution in [0.2, 0.25) is 0 Å². The molecule has 0 bridgehead atoms. The summed E-state index contributed by atoms with van der Waals surface area (Å²) in [4.78, 5) is 6.97. The molecule has 1 aliphatic heterocycles. The fourth-order valence-corrected chi connectivity index (χ4v) is 2.75. The SMILES string of the molecule is COc1cc(C)nc(CN2CCOCC2CBr)c1.